The molecule has 1 saturated carbocycles. The topological polar surface area (TPSA) is 82.0 Å². The number of nitro benzene ring substituents is 1. The Balaban J connectivity index is 1.53. The van der Waals surface area contributed by atoms with Crippen molar-refractivity contribution in [2.45, 2.75) is 37.4 Å². The van der Waals surface area contributed by atoms with E-state index in [1.165, 1.54) is 37.1 Å². The molecule has 6 nitrogen and oxygen atoms in total. The van der Waals surface area contributed by atoms with Gasteiger partial charge in [0.25, 0.3) is 5.69 Å². The zero-order valence-corrected chi connectivity index (χ0v) is 10.9. The van der Waals surface area contributed by atoms with E-state index in [9.17, 15) is 14.9 Å². The van der Waals surface area contributed by atoms with Crippen LogP contribution in [0.1, 0.15) is 36.0 Å². The van der Waals surface area contributed by atoms with Crippen molar-refractivity contribution in [2.24, 2.45) is 0 Å². The Morgan fingerprint density at radius 1 is 1.35 bits per heavy atom. The van der Waals surface area contributed by atoms with Crippen LogP contribution in [0, 0.1) is 10.1 Å². The number of hydrogen-bond donors (Lipinski definition) is 0. The van der Waals surface area contributed by atoms with Gasteiger partial charge in [-0.3, -0.25) is 10.1 Å². The summed E-state index contributed by atoms with van der Waals surface area (Å²) in [5.74, 6) is -0.469. The van der Waals surface area contributed by atoms with Gasteiger partial charge >= 0.3 is 5.97 Å². The van der Waals surface area contributed by atoms with E-state index in [-0.39, 0.29) is 24.0 Å². The molecule has 2 fully saturated rings. The van der Waals surface area contributed by atoms with E-state index >= 15 is 0 Å². The maximum Gasteiger partial charge on any atom is 0.338 e. The van der Waals surface area contributed by atoms with E-state index < -0.39 is 10.9 Å². The molecule has 1 aromatic rings. The number of non-ortho nitro benzene ring substituents is 1. The summed E-state index contributed by atoms with van der Waals surface area (Å²) in [6.07, 6.45) is 4.46. The molecule has 3 rings (SSSR count). The molecule has 2 aliphatic rings. The average Bonchev–Trinajstić information content (AvgIpc) is 2.89. The van der Waals surface area contributed by atoms with Gasteiger partial charge in [0.1, 0.15) is 12.7 Å². The molecule has 0 bridgehead atoms. The van der Waals surface area contributed by atoms with Crippen molar-refractivity contribution in [1.29, 1.82) is 0 Å². The Kier molecular flexibility index (Phi) is 3.17. The Labute approximate surface area is 115 Å². The van der Waals surface area contributed by atoms with Crippen molar-refractivity contribution >= 4 is 11.7 Å². The normalized spacial score (nSPS) is 22.7. The largest absolute Gasteiger partial charge is 0.459 e. The lowest BCUT2D eigenvalue weighted by Gasteiger charge is -2.04. The molecule has 0 amide bonds. The van der Waals surface area contributed by atoms with Crippen LogP contribution in [0.5, 0.6) is 0 Å². The van der Waals surface area contributed by atoms with Gasteiger partial charge in [0.15, 0.2) is 0 Å². The van der Waals surface area contributed by atoms with Crippen LogP contribution in [0.4, 0.5) is 5.69 Å². The fourth-order valence-electron chi connectivity index (χ4n) is 2.80. The highest BCUT2D eigenvalue weighted by Crippen LogP contribution is 2.49. The van der Waals surface area contributed by atoms with Crippen LogP contribution in [0.2, 0.25) is 0 Å². The molecule has 0 aromatic heterocycles. The van der Waals surface area contributed by atoms with E-state index in [4.69, 9.17) is 9.47 Å². The predicted octanol–water partition coefficient (Wildman–Crippen LogP) is 2.46. The number of nitrogens with zero attached hydrogens (tertiary/aromatic N) is 1. The zero-order valence-electron chi connectivity index (χ0n) is 10.9. The fraction of sp³-hybridized carbons (Fsp3) is 0.500. The summed E-state index contributed by atoms with van der Waals surface area (Å²) < 4.78 is 10.8. The van der Waals surface area contributed by atoms with Gasteiger partial charge in [-0.05, 0) is 25.0 Å². The second-order valence-corrected chi connectivity index (χ2v) is 5.28. The van der Waals surface area contributed by atoms with Crippen LogP contribution in [0.25, 0.3) is 0 Å². The number of hydrogen-bond acceptors (Lipinski definition) is 5. The van der Waals surface area contributed by atoms with Gasteiger partial charge in [-0.25, -0.2) is 4.79 Å². The van der Waals surface area contributed by atoms with Crippen molar-refractivity contribution in [3.05, 3.63) is 39.9 Å². The molecule has 0 unspecified atom stereocenters. The third-order valence-corrected chi connectivity index (χ3v) is 4.04. The van der Waals surface area contributed by atoms with E-state index in [0.29, 0.717) is 5.56 Å². The molecule has 6 heteroatoms. The lowest BCUT2D eigenvalue weighted by molar-refractivity contribution is -0.384. The zero-order chi connectivity index (χ0) is 14.2. The molecule has 0 radical (unpaired) electrons. The van der Waals surface area contributed by atoms with E-state index in [1.54, 1.807) is 0 Å². The van der Waals surface area contributed by atoms with Crippen molar-refractivity contribution in [3.8, 4) is 0 Å². The smallest absolute Gasteiger partial charge is 0.338 e. The third-order valence-electron chi connectivity index (χ3n) is 4.04. The maximum atomic E-state index is 11.8. The molecule has 1 aliphatic heterocycles. The highest BCUT2D eigenvalue weighted by atomic mass is 16.6. The molecule has 1 heterocycles. The summed E-state index contributed by atoms with van der Waals surface area (Å²) in [5.41, 5.74) is 0.240. The minimum atomic E-state index is -0.503. The number of carbonyl (C=O) groups is 1. The molecule has 0 N–H and O–H groups in total. The number of nitro groups is 1. The summed E-state index contributed by atoms with van der Waals surface area (Å²) in [5, 5.41) is 10.5. The SMILES string of the molecule is O=C(OC[C@@H]1OC12CCCC2)c1ccc([N+](=O)[O-])cc1. The molecule has 20 heavy (non-hydrogen) atoms. The Morgan fingerprint density at radius 2 is 2.00 bits per heavy atom. The van der Waals surface area contributed by atoms with E-state index in [2.05, 4.69) is 0 Å². The van der Waals surface area contributed by atoms with Gasteiger partial charge in [-0.2, -0.15) is 0 Å². The lowest BCUT2D eigenvalue weighted by atomic mass is 10.0. The highest BCUT2D eigenvalue weighted by Gasteiger charge is 2.57. The number of ether oxygens (including phenoxy) is 2. The van der Waals surface area contributed by atoms with Crippen molar-refractivity contribution in [3.63, 3.8) is 0 Å². The fourth-order valence-corrected chi connectivity index (χ4v) is 2.80. The molecular weight excluding hydrogens is 262 g/mol. The van der Waals surface area contributed by atoms with Gasteiger partial charge in [-0.15, -0.1) is 0 Å². The molecule has 1 saturated heterocycles. The van der Waals surface area contributed by atoms with E-state index in [0.717, 1.165) is 12.8 Å². The lowest BCUT2D eigenvalue weighted by Crippen LogP contribution is -2.16. The molecule has 1 spiro atoms. The summed E-state index contributed by atoms with van der Waals surface area (Å²) >= 11 is 0. The number of esters is 1. The number of benzene rings is 1. The first kappa shape index (κ1) is 13.1. The van der Waals surface area contributed by atoms with Gasteiger partial charge in [0, 0.05) is 12.1 Å². The van der Waals surface area contributed by atoms with E-state index in [1.807, 2.05) is 0 Å². The van der Waals surface area contributed by atoms with Crippen molar-refractivity contribution in [1.82, 2.24) is 0 Å². The summed E-state index contributed by atoms with van der Waals surface area (Å²) in [4.78, 5) is 21.8. The molecule has 1 aliphatic carbocycles. The number of rotatable bonds is 4. The molecule has 1 atom stereocenters. The van der Waals surface area contributed by atoms with Crippen LogP contribution in [-0.4, -0.2) is 29.2 Å². The van der Waals surface area contributed by atoms with Crippen LogP contribution >= 0.6 is 0 Å². The second kappa shape index (κ2) is 4.86. The first-order valence-electron chi connectivity index (χ1n) is 6.70. The monoisotopic (exact) mass is 277 g/mol. The van der Waals surface area contributed by atoms with Gasteiger partial charge in [0.05, 0.1) is 16.1 Å². The highest BCUT2D eigenvalue weighted by molar-refractivity contribution is 5.89. The van der Waals surface area contributed by atoms with Gasteiger partial charge in [0.2, 0.25) is 0 Å². The van der Waals surface area contributed by atoms with Crippen LogP contribution in [0.3, 0.4) is 0 Å². The maximum absolute atomic E-state index is 11.8. The Hall–Kier alpha value is -1.95. The summed E-state index contributed by atoms with van der Waals surface area (Å²) in [7, 11) is 0. The van der Waals surface area contributed by atoms with Crippen LogP contribution in [0.15, 0.2) is 24.3 Å². The average molecular weight is 277 g/mol. The van der Waals surface area contributed by atoms with Gasteiger partial charge in [-0.1, -0.05) is 12.8 Å². The minimum Gasteiger partial charge on any atom is -0.459 e. The van der Waals surface area contributed by atoms with Crippen LogP contribution in [-0.2, 0) is 9.47 Å². The standard InChI is InChI=1S/C14H15NO5/c16-13(10-3-5-11(6-4-10)15(17)18)19-9-12-14(20-12)7-1-2-8-14/h3-6,12H,1-2,7-9H2/t12-/m0/s1. The summed E-state index contributed by atoms with van der Waals surface area (Å²) in [6.45, 7) is 0.260. The Morgan fingerprint density at radius 3 is 2.60 bits per heavy atom. The first-order valence-corrected chi connectivity index (χ1v) is 6.70. The third kappa shape index (κ3) is 2.38. The molecular formula is C14H15NO5. The molecule has 106 valence electrons. The second-order valence-electron chi connectivity index (χ2n) is 5.28. The Bertz CT molecular complexity index is 533. The quantitative estimate of drug-likeness (QED) is 0.365. The van der Waals surface area contributed by atoms with Gasteiger partial charge < -0.3 is 9.47 Å². The van der Waals surface area contributed by atoms with Crippen molar-refractivity contribution in [2.75, 3.05) is 6.61 Å². The number of epoxide rings is 1. The first-order chi connectivity index (χ1) is 9.61. The predicted molar refractivity (Wildman–Crippen MR) is 69.5 cm³/mol. The summed E-state index contributed by atoms with van der Waals surface area (Å²) in [6, 6.07) is 5.39. The van der Waals surface area contributed by atoms with Crippen LogP contribution < -0.4 is 0 Å². The number of carbonyl (C=O) groups excluding carboxylic acids is 1. The molecule has 1 aromatic carbocycles. The van der Waals surface area contributed by atoms with Crippen molar-refractivity contribution < 1.29 is 19.2 Å². The minimum absolute atomic E-state index is 0.0204.